The number of carbonyl (C=O) groups excluding carboxylic acids is 1. The van der Waals surface area contributed by atoms with Crippen LogP contribution in [-0.4, -0.2) is 10.9 Å². The summed E-state index contributed by atoms with van der Waals surface area (Å²) in [4.78, 5) is 16.7. The quantitative estimate of drug-likeness (QED) is 0.854. The molecule has 1 N–H and O–H groups in total. The van der Waals surface area contributed by atoms with E-state index in [9.17, 15) is 4.79 Å². The SMILES string of the molecule is O=C(NCc1ccc(Cl)nc1)C1(c2ccc(Cl)cc2)CCC1. The second-order valence-electron chi connectivity index (χ2n) is 5.61. The van der Waals surface area contributed by atoms with Crippen molar-refractivity contribution in [2.45, 2.75) is 31.2 Å². The van der Waals surface area contributed by atoms with Crippen LogP contribution in [0.1, 0.15) is 30.4 Å². The maximum Gasteiger partial charge on any atom is 0.230 e. The molecule has 3 nitrogen and oxygen atoms in total. The molecule has 5 heteroatoms. The Morgan fingerprint density at radius 3 is 2.41 bits per heavy atom. The monoisotopic (exact) mass is 334 g/mol. The number of hydrogen-bond acceptors (Lipinski definition) is 2. The van der Waals surface area contributed by atoms with E-state index in [1.165, 1.54) is 0 Å². The minimum absolute atomic E-state index is 0.0658. The number of halogens is 2. The minimum atomic E-state index is -0.412. The topological polar surface area (TPSA) is 42.0 Å². The normalized spacial score (nSPS) is 15.9. The number of amides is 1. The van der Waals surface area contributed by atoms with Crippen LogP contribution < -0.4 is 5.32 Å². The zero-order valence-electron chi connectivity index (χ0n) is 12.0. The van der Waals surface area contributed by atoms with Crippen LogP contribution in [0.25, 0.3) is 0 Å². The molecule has 3 rings (SSSR count). The van der Waals surface area contributed by atoms with E-state index in [1.54, 1.807) is 12.3 Å². The van der Waals surface area contributed by atoms with Gasteiger partial charge in [-0.25, -0.2) is 4.98 Å². The molecule has 1 fully saturated rings. The van der Waals surface area contributed by atoms with Gasteiger partial charge in [-0.15, -0.1) is 0 Å². The van der Waals surface area contributed by atoms with Crippen LogP contribution in [0.15, 0.2) is 42.6 Å². The summed E-state index contributed by atoms with van der Waals surface area (Å²) in [7, 11) is 0. The Hall–Kier alpha value is -1.58. The van der Waals surface area contributed by atoms with Gasteiger partial charge in [0.1, 0.15) is 5.15 Å². The average molecular weight is 335 g/mol. The smallest absolute Gasteiger partial charge is 0.230 e. The molecular weight excluding hydrogens is 319 g/mol. The molecule has 1 aliphatic carbocycles. The van der Waals surface area contributed by atoms with E-state index in [0.717, 1.165) is 30.4 Å². The van der Waals surface area contributed by atoms with Crippen molar-refractivity contribution in [1.29, 1.82) is 0 Å². The summed E-state index contributed by atoms with van der Waals surface area (Å²) < 4.78 is 0. The standard InChI is InChI=1S/C17H16Cl2N2O/c18-14-5-3-13(4-6-14)17(8-1-9-17)16(22)21-11-12-2-7-15(19)20-10-12/h2-7,10H,1,8-9,11H2,(H,21,22). The van der Waals surface area contributed by atoms with E-state index in [4.69, 9.17) is 23.2 Å². The van der Waals surface area contributed by atoms with Crippen LogP contribution in [0.3, 0.4) is 0 Å². The number of carbonyl (C=O) groups is 1. The summed E-state index contributed by atoms with van der Waals surface area (Å²) in [6.07, 6.45) is 4.50. The van der Waals surface area contributed by atoms with Gasteiger partial charge in [0.05, 0.1) is 5.41 Å². The van der Waals surface area contributed by atoms with E-state index in [-0.39, 0.29) is 5.91 Å². The van der Waals surface area contributed by atoms with Crippen LogP contribution in [-0.2, 0) is 16.8 Å². The molecule has 1 heterocycles. The number of nitrogens with one attached hydrogen (secondary N) is 1. The van der Waals surface area contributed by atoms with E-state index in [0.29, 0.717) is 16.7 Å². The third-order valence-corrected chi connectivity index (χ3v) is 4.76. The summed E-state index contributed by atoms with van der Waals surface area (Å²) in [5.74, 6) is 0.0658. The van der Waals surface area contributed by atoms with E-state index < -0.39 is 5.41 Å². The van der Waals surface area contributed by atoms with Crippen LogP contribution >= 0.6 is 23.2 Å². The number of rotatable bonds is 4. The zero-order valence-corrected chi connectivity index (χ0v) is 13.5. The van der Waals surface area contributed by atoms with Gasteiger partial charge in [-0.05, 0) is 42.2 Å². The molecule has 2 aromatic rings. The van der Waals surface area contributed by atoms with E-state index in [1.807, 2.05) is 30.3 Å². The molecule has 0 unspecified atom stereocenters. The van der Waals surface area contributed by atoms with Gasteiger partial charge in [-0.2, -0.15) is 0 Å². The van der Waals surface area contributed by atoms with Crippen LogP contribution in [0.5, 0.6) is 0 Å². The summed E-state index contributed by atoms with van der Waals surface area (Å²) in [6.45, 7) is 0.457. The number of hydrogen-bond donors (Lipinski definition) is 1. The lowest BCUT2D eigenvalue weighted by Gasteiger charge is -2.40. The predicted molar refractivity (Wildman–Crippen MR) is 88.1 cm³/mol. The van der Waals surface area contributed by atoms with E-state index >= 15 is 0 Å². The fourth-order valence-corrected chi connectivity index (χ4v) is 3.05. The Bertz CT molecular complexity index is 664. The summed E-state index contributed by atoms with van der Waals surface area (Å²) in [5, 5.41) is 4.16. The minimum Gasteiger partial charge on any atom is -0.351 e. The summed E-state index contributed by atoms with van der Waals surface area (Å²) >= 11 is 11.7. The highest BCUT2D eigenvalue weighted by Gasteiger charge is 2.45. The van der Waals surface area contributed by atoms with Crippen LogP contribution in [0, 0.1) is 0 Å². The Balaban J connectivity index is 1.71. The highest BCUT2D eigenvalue weighted by Crippen LogP contribution is 2.44. The van der Waals surface area contributed by atoms with E-state index in [2.05, 4.69) is 10.3 Å². The molecule has 0 spiro atoms. The van der Waals surface area contributed by atoms with Gasteiger partial charge in [0.25, 0.3) is 0 Å². The molecule has 0 radical (unpaired) electrons. The number of pyridine rings is 1. The molecule has 114 valence electrons. The summed E-state index contributed by atoms with van der Waals surface area (Å²) in [5.41, 5.74) is 1.56. The van der Waals surface area contributed by atoms with Crippen molar-refractivity contribution in [3.05, 3.63) is 63.9 Å². The molecule has 0 atom stereocenters. The number of aromatic nitrogens is 1. The molecule has 0 aliphatic heterocycles. The number of benzene rings is 1. The molecule has 1 saturated carbocycles. The molecule has 1 amide bonds. The fourth-order valence-electron chi connectivity index (χ4n) is 2.81. The first-order chi connectivity index (χ1) is 10.6. The maximum atomic E-state index is 12.7. The third kappa shape index (κ3) is 2.96. The first-order valence-corrected chi connectivity index (χ1v) is 8.00. The second kappa shape index (κ2) is 6.27. The van der Waals surface area contributed by atoms with Gasteiger partial charge >= 0.3 is 0 Å². The molecule has 1 aromatic carbocycles. The first kappa shape index (κ1) is 15.3. The Kier molecular flexibility index (Phi) is 4.37. The van der Waals surface area contributed by atoms with Crippen molar-refractivity contribution in [2.75, 3.05) is 0 Å². The molecule has 1 aliphatic rings. The number of nitrogens with zero attached hydrogens (tertiary/aromatic N) is 1. The zero-order chi connectivity index (χ0) is 15.6. The van der Waals surface area contributed by atoms with Crippen molar-refractivity contribution in [3.63, 3.8) is 0 Å². The molecule has 0 saturated heterocycles. The van der Waals surface area contributed by atoms with Crippen molar-refractivity contribution < 1.29 is 4.79 Å². The average Bonchev–Trinajstić information content (AvgIpc) is 2.47. The lowest BCUT2D eigenvalue weighted by molar-refractivity contribution is -0.130. The largest absolute Gasteiger partial charge is 0.351 e. The van der Waals surface area contributed by atoms with Gasteiger partial charge < -0.3 is 5.32 Å². The van der Waals surface area contributed by atoms with Crippen molar-refractivity contribution in [3.8, 4) is 0 Å². The van der Waals surface area contributed by atoms with Gasteiger partial charge in [-0.3, -0.25) is 4.79 Å². The van der Waals surface area contributed by atoms with Crippen LogP contribution in [0.2, 0.25) is 10.2 Å². The van der Waals surface area contributed by atoms with Crippen molar-refractivity contribution >= 4 is 29.1 Å². The van der Waals surface area contributed by atoms with Gasteiger partial charge in [0.15, 0.2) is 0 Å². The first-order valence-electron chi connectivity index (χ1n) is 7.25. The van der Waals surface area contributed by atoms with Gasteiger partial charge in [0, 0.05) is 17.8 Å². The lowest BCUT2D eigenvalue weighted by atomic mass is 9.64. The Morgan fingerprint density at radius 1 is 1.14 bits per heavy atom. The van der Waals surface area contributed by atoms with Crippen LogP contribution in [0.4, 0.5) is 0 Å². The molecular formula is C17H16Cl2N2O. The van der Waals surface area contributed by atoms with Crippen molar-refractivity contribution in [1.82, 2.24) is 10.3 Å². The Labute approximate surface area is 139 Å². The highest BCUT2D eigenvalue weighted by molar-refractivity contribution is 6.30. The highest BCUT2D eigenvalue weighted by atomic mass is 35.5. The van der Waals surface area contributed by atoms with Gasteiger partial charge in [-0.1, -0.05) is 47.8 Å². The molecule has 0 bridgehead atoms. The van der Waals surface area contributed by atoms with Gasteiger partial charge in [0.2, 0.25) is 5.91 Å². The van der Waals surface area contributed by atoms with Crippen molar-refractivity contribution in [2.24, 2.45) is 0 Å². The summed E-state index contributed by atoms with van der Waals surface area (Å²) in [6, 6.07) is 11.2. The maximum absolute atomic E-state index is 12.7. The second-order valence-corrected chi connectivity index (χ2v) is 6.44. The third-order valence-electron chi connectivity index (χ3n) is 4.28. The fraction of sp³-hybridized carbons (Fsp3) is 0.294. The predicted octanol–water partition coefficient (Wildman–Crippen LogP) is 4.13. The Morgan fingerprint density at radius 2 is 1.86 bits per heavy atom. The molecule has 22 heavy (non-hydrogen) atoms. The molecule has 1 aromatic heterocycles. The lowest BCUT2D eigenvalue weighted by Crippen LogP contribution is -2.48.